The molecule has 0 saturated heterocycles. The zero-order valence-electron chi connectivity index (χ0n) is 11.0. The Morgan fingerprint density at radius 1 is 1.18 bits per heavy atom. The minimum Gasteiger partial charge on any atom is -0.331 e. The van der Waals surface area contributed by atoms with Crippen LogP contribution >= 0.6 is 39.7 Å². The molecule has 0 amide bonds. The molecule has 1 aromatic heterocycles. The molecule has 3 aromatic rings. The van der Waals surface area contributed by atoms with Crippen LogP contribution in [0.25, 0.3) is 10.9 Å². The van der Waals surface area contributed by atoms with Crippen LogP contribution in [0.3, 0.4) is 0 Å². The van der Waals surface area contributed by atoms with Gasteiger partial charge in [-0.15, -0.1) is 0 Å². The number of aromatic nitrogens is 2. The number of aromatic amines is 1. The van der Waals surface area contributed by atoms with Crippen molar-refractivity contribution >= 4 is 56.6 Å². The second-order valence-electron chi connectivity index (χ2n) is 4.57. The van der Waals surface area contributed by atoms with E-state index in [1.165, 1.54) is 0 Å². The van der Waals surface area contributed by atoms with Crippen molar-refractivity contribution in [3.05, 3.63) is 72.6 Å². The van der Waals surface area contributed by atoms with Crippen LogP contribution in [0.5, 0.6) is 0 Å². The topological polar surface area (TPSA) is 54.9 Å². The molecule has 0 atom stereocenters. The normalized spacial score (nSPS) is 10.8. The van der Waals surface area contributed by atoms with Gasteiger partial charge in [0.1, 0.15) is 0 Å². The van der Waals surface area contributed by atoms with E-state index in [-0.39, 0.29) is 4.77 Å². The van der Waals surface area contributed by atoms with Crippen LogP contribution in [0.2, 0.25) is 5.02 Å². The van der Waals surface area contributed by atoms with E-state index in [0.717, 1.165) is 9.04 Å². The lowest BCUT2D eigenvalue weighted by Gasteiger charge is -2.07. The molecule has 0 bridgehead atoms. The Bertz CT molecular complexity index is 1010. The molecule has 0 aliphatic heterocycles. The van der Waals surface area contributed by atoms with Crippen LogP contribution in [0, 0.1) is 4.77 Å². The minimum absolute atomic E-state index is 0.0553. The van der Waals surface area contributed by atoms with Gasteiger partial charge in [-0.25, -0.2) is 4.57 Å². The van der Waals surface area contributed by atoms with Crippen molar-refractivity contribution in [2.24, 2.45) is 0 Å². The highest BCUT2D eigenvalue weighted by Crippen LogP contribution is 2.16. The predicted molar refractivity (Wildman–Crippen MR) is 92.3 cm³/mol. The summed E-state index contributed by atoms with van der Waals surface area (Å²) in [6.45, 7) is 0. The fraction of sp³-hybridized carbons (Fsp3) is 0. The molecule has 110 valence electrons. The van der Waals surface area contributed by atoms with E-state index in [2.05, 4.69) is 20.9 Å². The highest BCUT2D eigenvalue weighted by atomic mass is 79.9. The minimum atomic E-state index is -0.496. The van der Waals surface area contributed by atoms with Gasteiger partial charge in [0.15, 0.2) is 4.77 Å². The highest BCUT2D eigenvalue weighted by Gasteiger charge is 2.14. The number of nitrogens with zero attached hydrogens (tertiary/aromatic N) is 1. The molecule has 0 saturated carbocycles. The number of hydrogen-bond acceptors (Lipinski definition) is 3. The smallest absolute Gasteiger partial charge is 0.269 e. The largest absolute Gasteiger partial charge is 0.331 e. The average molecular weight is 396 g/mol. The number of hydrogen-bond donors (Lipinski definition) is 1. The first kappa shape index (κ1) is 15.1. The quantitative estimate of drug-likeness (QED) is 0.629. The van der Waals surface area contributed by atoms with Gasteiger partial charge in [0.05, 0.1) is 10.9 Å². The van der Waals surface area contributed by atoms with Crippen molar-refractivity contribution in [2.75, 3.05) is 0 Å². The predicted octanol–water partition coefficient (Wildman–Crippen LogP) is 4.16. The Balaban J connectivity index is 2.26. The van der Waals surface area contributed by atoms with Gasteiger partial charge in [0, 0.05) is 15.1 Å². The third kappa shape index (κ3) is 2.65. The zero-order valence-corrected chi connectivity index (χ0v) is 14.1. The monoisotopic (exact) mass is 394 g/mol. The summed E-state index contributed by atoms with van der Waals surface area (Å²) in [5.74, 6) is -0.496. The SMILES string of the molecule is O=C(c1ccc(Cl)cc1)n1c(=S)[nH]c2ccc(Br)cc2c1=O. The second-order valence-corrected chi connectivity index (χ2v) is 6.31. The van der Waals surface area contributed by atoms with Gasteiger partial charge in [-0.3, -0.25) is 9.59 Å². The van der Waals surface area contributed by atoms with Gasteiger partial charge in [-0.2, -0.15) is 0 Å². The molecule has 1 heterocycles. The van der Waals surface area contributed by atoms with Gasteiger partial charge in [0.2, 0.25) is 0 Å². The number of carbonyl (C=O) groups excluding carboxylic acids is 1. The molecule has 0 spiro atoms. The van der Waals surface area contributed by atoms with Crippen molar-refractivity contribution in [2.45, 2.75) is 0 Å². The highest BCUT2D eigenvalue weighted by molar-refractivity contribution is 9.10. The number of H-pyrrole nitrogens is 1. The first-order chi connectivity index (χ1) is 10.5. The number of nitrogens with one attached hydrogen (secondary N) is 1. The van der Waals surface area contributed by atoms with Crippen LogP contribution in [0.4, 0.5) is 0 Å². The summed E-state index contributed by atoms with van der Waals surface area (Å²) in [6, 6.07) is 11.4. The van der Waals surface area contributed by atoms with E-state index in [4.69, 9.17) is 23.8 Å². The average Bonchev–Trinajstić information content (AvgIpc) is 2.49. The van der Waals surface area contributed by atoms with Crippen molar-refractivity contribution in [3.63, 3.8) is 0 Å². The van der Waals surface area contributed by atoms with Crippen LogP contribution in [-0.2, 0) is 0 Å². The lowest BCUT2D eigenvalue weighted by atomic mass is 10.2. The van der Waals surface area contributed by atoms with Gasteiger partial charge >= 0.3 is 0 Å². The Hall–Kier alpha value is -1.76. The molecule has 0 fully saturated rings. The van der Waals surface area contributed by atoms with Gasteiger partial charge in [-0.1, -0.05) is 27.5 Å². The van der Waals surface area contributed by atoms with Gasteiger partial charge in [0.25, 0.3) is 11.5 Å². The van der Waals surface area contributed by atoms with Crippen LogP contribution in [0.1, 0.15) is 10.4 Å². The van der Waals surface area contributed by atoms with E-state index in [1.807, 2.05) is 0 Å². The molecule has 7 heteroatoms. The van der Waals surface area contributed by atoms with Crippen LogP contribution in [0.15, 0.2) is 51.7 Å². The van der Waals surface area contributed by atoms with Crippen molar-refractivity contribution in [1.29, 1.82) is 0 Å². The second kappa shape index (κ2) is 5.79. The third-order valence-electron chi connectivity index (χ3n) is 3.15. The maximum atomic E-state index is 12.6. The Kier molecular flexibility index (Phi) is 3.99. The van der Waals surface area contributed by atoms with Crippen molar-refractivity contribution in [1.82, 2.24) is 9.55 Å². The van der Waals surface area contributed by atoms with E-state index in [9.17, 15) is 9.59 Å². The summed E-state index contributed by atoms with van der Waals surface area (Å²) in [5, 5.41) is 0.891. The summed E-state index contributed by atoms with van der Waals surface area (Å²) in [6.07, 6.45) is 0. The zero-order chi connectivity index (χ0) is 15.9. The number of fused-ring (bicyclic) bond motifs is 1. The number of benzene rings is 2. The Morgan fingerprint density at radius 3 is 2.55 bits per heavy atom. The molecule has 0 radical (unpaired) electrons. The first-order valence-corrected chi connectivity index (χ1v) is 7.80. The van der Waals surface area contributed by atoms with Crippen LogP contribution in [-0.4, -0.2) is 15.5 Å². The van der Waals surface area contributed by atoms with Gasteiger partial charge in [-0.05, 0) is 54.7 Å². The van der Waals surface area contributed by atoms with E-state index in [1.54, 1.807) is 42.5 Å². The molecule has 22 heavy (non-hydrogen) atoms. The summed E-state index contributed by atoms with van der Waals surface area (Å²) in [7, 11) is 0. The molecule has 0 aliphatic rings. The summed E-state index contributed by atoms with van der Waals surface area (Å²) < 4.78 is 1.75. The number of halogens is 2. The van der Waals surface area contributed by atoms with Gasteiger partial charge < -0.3 is 4.98 Å². The maximum absolute atomic E-state index is 12.6. The molecule has 0 unspecified atom stereocenters. The summed E-state index contributed by atoms with van der Waals surface area (Å²) >= 11 is 14.3. The van der Waals surface area contributed by atoms with Crippen molar-refractivity contribution in [3.8, 4) is 0 Å². The number of rotatable bonds is 1. The summed E-state index contributed by atoms with van der Waals surface area (Å²) in [4.78, 5) is 28.0. The third-order valence-corrected chi connectivity index (χ3v) is 4.18. The fourth-order valence-corrected chi connectivity index (χ4v) is 2.86. The molecular formula is C15H8BrClN2O2S. The molecular weight excluding hydrogens is 388 g/mol. The number of carbonyl (C=O) groups is 1. The Morgan fingerprint density at radius 2 is 1.86 bits per heavy atom. The maximum Gasteiger partial charge on any atom is 0.269 e. The molecule has 1 N–H and O–H groups in total. The fourth-order valence-electron chi connectivity index (χ4n) is 2.09. The lowest BCUT2D eigenvalue weighted by Crippen LogP contribution is -2.29. The molecule has 2 aromatic carbocycles. The van der Waals surface area contributed by atoms with E-state index >= 15 is 0 Å². The van der Waals surface area contributed by atoms with Crippen LogP contribution < -0.4 is 5.56 Å². The Labute approximate surface area is 143 Å². The van der Waals surface area contributed by atoms with E-state index < -0.39 is 11.5 Å². The van der Waals surface area contributed by atoms with E-state index in [0.29, 0.717) is 21.5 Å². The molecule has 0 aliphatic carbocycles. The van der Waals surface area contributed by atoms with Crippen molar-refractivity contribution < 1.29 is 4.79 Å². The summed E-state index contributed by atoms with van der Waals surface area (Å²) in [5.41, 5.74) is 0.457. The first-order valence-electron chi connectivity index (χ1n) is 6.22. The lowest BCUT2D eigenvalue weighted by molar-refractivity contribution is 0.0953. The molecule has 3 rings (SSSR count). The molecule has 4 nitrogen and oxygen atoms in total. The standard InChI is InChI=1S/C15H8BrClN2O2S/c16-9-3-6-12-11(7-9)14(21)19(15(22)18-12)13(20)8-1-4-10(17)5-2-8/h1-7H,(H,18,22).